The van der Waals surface area contributed by atoms with Crippen molar-refractivity contribution < 1.29 is 58.2 Å². The fourth-order valence-electron chi connectivity index (χ4n) is 0.578. The van der Waals surface area contributed by atoms with E-state index < -0.39 is 10.8 Å². The molecular weight excluding hydrogens is 556 g/mol. The summed E-state index contributed by atoms with van der Waals surface area (Å²) in [5.41, 5.74) is 1.15. The van der Waals surface area contributed by atoms with Crippen LogP contribution < -0.4 is 5.64 Å². The first-order chi connectivity index (χ1) is 10.5. The summed E-state index contributed by atoms with van der Waals surface area (Å²) in [6, 6.07) is 0. The minimum absolute atomic E-state index is 0.0342. The minimum atomic E-state index is -0.461. The lowest BCUT2D eigenvalue weighted by Crippen LogP contribution is -2.49. The van der Waals surface area contributed by atoms with Gasteiger partial charge in [0, 0.05) is 3.44 Å². The third kappa shape index (κ3) is 7.99. The van der Waals surface area contributed by atoms with Crippen LogP contribution >= 0.6 is 45.9 Å². The molecule has 0 bridgehead atoms. The summed E-state index contributed by atoms with van der Waals surface area (Å²) >= 11 is 2.68. The van der Waals surface area contributed by atoms with E-state index in [4.69, 9.17) is 10.4 Å². The predicted octanol–water partition coefficient (Wildman–Crippen LogP) is -1.31. The average molecular weight is 563 g/mol. The summed E-state index contributed by atoms with van der Waals surface area (Å²) < 4.78 is 4.79. The van der Waals surface area contributed by atoms with Crippen LogP contribution in [0.25, 0.3) is 0 Å². The first-order valence-electron chi connectivity index (χ1n) is 4.30. The van der Waals surface area contributed by atoms with Gasteiger partial charge in [0.25, 0.3) is 0 Å². The molecule has 0 amide bonds. The maximum atomic E-state index is 9.21. The Bertz CT molecular complexity index is 285. The number of rotatable bonds is 8. The lowest BCUT2D eigenvalue weighted by molar-refractivity contribution is -0.838. The van der Waals surface area contributed by atoms with E-state index in [9.17, 15) is 5.21 Å². The molecule has 0 aliphatic carbocycles. The summed E-state index contributed by atoms with van der Waals surface area (Å²) in [5, 5.41) is 25.8. The zero-order valence-electron chi connectivity index (χ0n) is 9.96. The van der Waals surface area contributed by atoms with Crippen molar-refractivity contribution in [2.45, 2.75) is 0 Å². The average Bonchev–Trinajstić information content (AvgIpc) is 2.43. The summed E-state index contributed by atoms with van der Waals surface area (Å²) in [7, 11) is 1.13. The molecule has 1 aliphatic heterocycles. The largest absolute Gasteiger partial charge is 0.290 e. The molecule has 1 saturated heterocycles. The monoisotopic (exact) mass is 563 g/mol. The Morgan fingerprint density at radius 1 is 1.18 bits per heavy atom. The highest BCUT2D eigenvalue weighted by atomic mass is 127. The van der Waals surface area contributed by atoms with Crippen molar-refractivity contribution >= 4 is 45.9 Å². The fourth-order valence-corrected chi connectivity index (χ4v) is 1.10. The summed E-state index contributed by atoms with van der Waals surface area (Å²) in [6.07, 6.45) is 0. The van der Waals surface area contributed by atoms with Crippen LogP contribution in [0.3, 0.4) is 0 Å². The quantitative estimate of drug-likeness (QED) is 0.156. The molecule has 19 nitrogen and oxygen atoms in total. The Labute approximate surface area is 147 Å². The summed E-state index contributed by atoms with van der Waals surface area (Å²) in [5.74, 6) is 0. The first-order valence-corrected chi connectivity index (χ1v) is 6.14. The van der Waals surface area contributed by atoms with Crippen LogP contribution in [0.15, 0.2) is 0 Å². The Kier molecular flexibility index (Phi) is 10.6. The highest BCUT2D eigenvalue weighted by molar-refractivity contribution is 14.1. The second-order valence-corrected chi connectivity index (χ2v) is 3.46. The fraction of sp³-hybridized carbons (Fsp3) is 1.00. The first kappa shape index (κ1) is 20.7. The normalized spacial score (nSPS) is 20.7. The van der Waals surface area contributed by atoms with Gasteiger partial charge in [-0.15, -0.1) is 14.8 Å². The Balaban J connectivity index is 2.49. The number of nitrogens with zero attached hydrogens (tertiary/aromatic N) is 6. The van der Waals surface area contributed by atoms with Gasteiger partial charge >= 0.3 is 0 Å². The van der Waals surface area contributed by atoms with Gasteiger partial charge < -0.3 is 0 Å². The van der Waals surface area contributed by atoms with Crippen molar-refractivity contribution in [1.82, 2.24) is 36.0 Å². The van der Waals surface area contributed by atoms with E-state index in [1.54, 1.807) is 0 Å². The van der Waals surface area contributed by atoms with Gasteiger partial charge in [-0.25, -0.2) is 0 Å². The van der Waals surface area contributed by atoms with Crippen LogP contribution in [-0.2, 0) is 42.6 Å². The Morgan fingerprint density at radius 2 is 1.82 bits per heavy atom. The number of halogens is 2. The van der Waals surface area contributed by atoms with Crippen LogP contribution in [0, 0.1) is 0 Å². The molecule has 0 radical (unpaired) electrons. The van der Waals surface area contributed by atoms with Gasteiger partial charge in [0.2, 0.25) is 0 Å². The standard InChI is InChI=1S/CH7I2N7O12/c1-14-8(15-3)19-6(12)21-10-18-5(2)17-9(16-4-11)20-7(13)22-10/h4,11-13H,1H3. The maximum absolute atomic E-state index is 9.21. The van der Waals surface area contributed by atoms with Crippen LogP contribution in [0.1, 0.15) is 0 Å². The van der Waals surface area contributed by atoms with E-state index in [0.717, 1.165) is 12.8 Å². The third-order valence-corrected chi connectivity index (χ3v) is 1.80. The van der Waals surface area contributed by atoms with E-state index in [0.29, 0.717) is 3.44 Å². The summed E-state index contributed by atoms with van der Waals surface area (Å²) in [6.45, 7) is 0. The molecule has 0 atom stereocenters. The second kappa shape index (κ2) is 11.3. The second-order valence-electron chi connectivity index (χ2n) is 2.28. The molecule has 1 aliphatic rings. The van der Waals surface area contributed by atoms with Gasteiger partial charge in [0.1, 0.15) is 50.0 Å². The molecule has 21 heteroatoms. The topological polar surface area (TPSA) is 175 Å². The van der Waals surface area contributed by atoms with Crippen LogP contribution in [0.5, 0.6) is 0 Å². The number of nitrogens with one attached hydrogen (secondary N) is 1. The van der Waals surface area contributed by atoms with Gasteiger partial charge in [0.15, 0.2) is 0 Å². The van der Waals surface area contributed by atoms with Crippen LogP contribution in [-0.4, -0.2) is 53.1 Å². The maximum Gasteiger partial charge on any atom is 0.143 e. The Hall–Kier alpha value is 0.700. The van der Waals surface area contributed by atoms with Crippen molar-refractivity contribution in [2.24, 2.45) is 0 Å². The number of hydrogen-bond donors (Lipinski definition) is 4. The molecule has 4 N–H and O–H groups in total. The lowest BCUT2D eigenvalue weighted by atomic mass is 11.7. The SMILES string of the molecule is CON(OI)ON(O)ON1ON(O)ON(ONO)ON(I)O1. The van der Waals surface area contributed by atoms with Gasteiger partial charge in [-0.2, -0.15) is 3.17 Å². The molecule has 0 aromatic rings. The molecule has 0 unspecified atom stereocenters. The van der Waals surface area contributed by atoms with Crippen LogP contribution in [0.4, 0.5) is 0 Å². The molecule has 1 fully saturated rings. The smallest absolute Gasteiger partial charge is 0.143 e. The highest BCUT2D eigenvalue weighted by Gasteiger charge is 2.31. The molecule has 0 saturated carbocycles. The molecule has 22 heavy (non-hydrogen) atoms. The summed E-state index contributed by atoms with van der Waals surface area (Å²) in [4.78, 5) is 34.6. The molecule has 0 spiro atoms. The van der Waals surface area contributed by atoms with Crippen molar-refractivity contribution in [3.05, 3.63) is 0 Å². The van der Waals surface area contributed by atoms with Crippen molar-refractivity contribution in [3.63, 3.8) is 0 Å². The van der Waals surface area contributed by atoms with Crippen LogP contribution in [0.2, 0.25) is 0 Å². The van der Waals surface area contributed by atoms with Crippen molar-refractivity contribution in [1.29, 1.82) is 0 Å². The third-order valence-electron chi connectivity index (χ3n) is 1.13. The minimum Gasteiger partial charge on any atom is -0.290 e. The van der Waals surface area contributed by atoms with E-state index in [2.05, 4.69) is 42.6 Å². The zero-order chi connectivity index (χ0) is 16.5. The zero-order valence-corrected chi connectivity index (χ0v) is 14.3. The predicted molar refractivity (Wildman–Crippen MR) is 63.3 cm³/mol. The van der Waals surface area contributed by atoms with Gasteiger partial charge in [-0.1, -0.05) is 25.4 Å². The molecule has 1 rings (SSSR count). The van der Waals surface area contributed by atoms with E-state index in [1.807, 2.05) is 0 Å². The highest BCUT2D eigenvalue weighted by Crippen LogP contribution is 2.15. The van der Waals surface area contributed by atoms with Gasteiger partial charge in [-0.05, 0) is 0 Å². The molecule has 132 valence electrons. The number of hydrogen-bond acceptors (Lipinski definition) is 19. The van der Waals surface area contributed by atoms with Crippen molar-refractivity contribution in [2.75, 3.05) is 7.11 Å². The van der Waals surface area contributed by atoms with E-state index in [-0.39, 0.29) is 16.2 Å². The molecular formula is CH7I2N7O12. The van der Waals surface area contributed by atoms with Crippen molar-refractivity contribution in [3.8, 4) is 0 Å². The molecule has 0 aromatic heterocycles. The van der Waals surface area contributed by atoms with E-state index >= 15 is 0 Å². The molecule has 0 aromatic carbocycles. The van der Waals surface area contributed by atoms with E-state index in [1.165, 1.54) is 45.9 Å². The van der Waals surface area contributed by atoms with Gasteiger partial charge in [0.05, 0.1) is 30.0 Å². The van der Waals surface area contributed by atoms with Gasteiger partial charge in [-0.3, -0.25) is 20.5 Å². The lowest BCUT2D eigenvalue weighted by Gasteiger charge is -2.29. The molecule has 1 heterocycles. The Morgan fingerprint density at radius 3 is 2.41 bits per heavy atom.